The molecule has 0 aliphatic heterocycles. The molecule has 0 aromatic heterocycles. The van der Waals surface area contributed by atoms with Crippen LogP contribution in [-0.2, 0) is 10.0 Å². The lowest BCUT2D eigenvalue weighted by Crippen LogP contribution is -2.36. The summed E-state index contributed by atoms with van der Waals surface area (Å²) in [5.41, 5.74) is 0. The summed E-state index contributed by atoms with van der Waals surface area (Å²) in [7, 11) is -0.663. The average molecular weight is 366 g/mol. The van der Waals surface area contributed by atoms with Crippen LogP contribution in [0.5, 0.6) is 11.5 Å². The number of halogens is 1. The van der Waals surface area contributed by atoms with Crippen molar-refractivity contribution in [1.82, 2.24) is 4.72 Å². The molecule has 0 radical (unpaired) electrons. The maximum Gasteiger partial charge on any atom is 0.242 e. The Balaban J connectivity index is 3.25. The molecule has 7 heteroatoms. The van der Waals surface area contributed by atoms with E-state index in [9.17, 15) is 8.42 Å². The maximum atomic E-state index is 12.4. The fourth-order valence-electron chi connectivity index (χ4n) is 1.49. The van der Waals surface area contributed by atoms with Gasteiger partial charge in [-0.1, -0.05) is 13.8 Å². The molecule has 0 amide bonds. The molecule has 0 bridgehead atoms. The largest absolute Gasteiger partial charge is 0.493 e. The first-order valence-electron chi connectivity index (χ1n) is 6.16. The summed E-state index contributed by atoms with van der Waals surface area (Å²) >= 11 is 3.26. The summed E-state index contributed by atoms with van der Waals surface area (Å²) in [6.45, 7) is 5.74. The molecule has 114 valence electrons. The molecule has 1 atom stereocenters. The molecule has 0 unspecified atom stereocenters. The van der Waals surface area contributed by atoms with Crippen molar-refractivity contribution >= 4 is 26.0 Å². The molecular weight excluding hydrogens is 346 g/mol. The van der Waals surface area contributed by atoms with Crippen molar-refractivity contribution in [3.63, 3.8) is 0 Å². The van der Waals surface area contributed by atoms with Gasteiger partial charge in [0.25, 0.3) is 0 Å². The quantitative estimate of drug-likeness (QED) is 0.841. The van der Waals surface area contributed by atoms with E-state index in [1.54, 1.807) is 6.07 Å². The molecule has 0 saturated carbocycles. The lowest BCUT2D eigenvalue weighted by atomic mass is 10.1. The Labute approximate surface area is 128 Å². The highest BCUT2D eigenvalue weighted by Crippen LogP contribution is 2.35. The number of sulfonamides is 1. The standard InChI is InChI=1S/C13H20BrNO4S/c1-8(2)9(3)15-20(16,17)13-7-12(19-5)11(18-4)6-10(13)14/h6-9,15H,1-5H3/t9-/m1/s1. The predicted octanol–water partition coefficient (Wildman–Crippen LogP) is 2.79. The minimum atomic E-state index is -3.63. The van der Waals surface area contributed by atoms with Crippen LogP contribution in [0.1, 0.15) is 20.8 Å². The second-order valence-corrected chi connectivity index (χ2v) is 7.33. The van der Waals surface area contributed by atoms with Gasteiger partial charge in [-0.05, 0) is 34.8 Å². The summed E-state index contributed by atoms with van der Waals surface area (Å²) in [4.78, 5) is 0.127. The number of hydrogen-bond acceptors (Lipinski definition) is 4. The van der Waals surface area contributed by atoms with Gasteiger partial charge in [0.1, 0.15) is 4.90 Å². The molecule has 1 rings (SSSR count). The van der Waals surface area contributed by atoms with Crippen molar-refractivity contribution < 1.29 is 17.9 Å². The SMILES string of the molecule is COc1cc(Br)c(S(=O)(=O)N[C@H](C)C(C)C)cc1OC. The number of hydrogen-bond donors (Lipinski definition) is 1. The summed E-state index contributed by atoms with van der Waals surface area (Å²) in [6, 6.07) is 2.85. The van der Waals surface area contributed by atoms with Gasteiger partial charge < -0.3 is 9.47 Å². The zero-order chi connectivity index (χ0) is 15.5. The molecule has 0 heterocycles. The highest BCUT2D eigenvalue weighted by molar-refractivity contribution is 9.10. The van der Waals surface area contributed by atoms with E-state index in [0.717, 1.165) is 0 Å². The van der Waals surface area contributed by atoms with Gasteiger partial charge >= 0.3 is 0 Å². The van der Waals surface area contributed by atoms with Crippen molar-refractivity contribution in [2.45, 2.75) is 31.7 Å². The highest BCUT2D eigenvalue weighted by atomic mass is 79.9. The summed E-state index contributed by atoms with van der Waals surface area (Å²) < 4.78 is 38.1. The Morgan fingerprint density at radius 1 is 1.10 bits per heavy atom. The van der Waals surface area contributed by atoms with Crippen molar-refractivity contribution in [3.8, 4) is 11.5 Å². The molecule has 20 heavy (non-hydrogen) atoms. The number of ether oxygens (including phenoxy) is 2. The van der Waals surface area contributed by atoms with E-state index < -0.39 is 10.0 Å². The van der Waals surface area contributed by atoms with E-state index in [1.807, 2.05) is 20.8 Å². The van der Waals surface area contributed by atoms with Crippen LogP contribution in [-0.4, -0.2) is 28.7 Å². The molecule has 5 nitrogen and oxygen atoms in total. The lowest BCUT2D eigenvalue weighted by molar-refractivity contribution is 0.353. The smallest absolute Gasteiger partial charge is 0.242 e. The molecule has 1 aromatic rings. The summed E-state index contributed by atoms with van der Waals surface area (Å²) in [5, 5.41) is 0. The van der Waals surface area contributed by atoms with Crippen LogP contribution in [0.25, 0.3) is 0 Å². The van der Waals surface area contributed by atoms with Gasteiger partial charge in [-0.3, -0.25) is 0 Å². The Bertz CT molecular complexity index is 572. The summed E-state index contributed by atoms with van der Waals surface area (Å²) in [6.07, 6.45) is 0. The first-order chi connectivity index (χ1) is 9.22. The molecule has 0 spiro atoms. The van der Waals surface area contributed by atoms with Crippen LogP contribution < -0.4 is 14.2 Å². The van der Waals surface area contributed by atoms with E-state index in [1.165, 1.54) is 20.3 Å². The van der Waals surface area contributed by atoms with Crippen LogP contribution in [0.15, 0.2) is 21.5 Å². The Morgan fingerprint density at radius 2 is 1.60 bits per heavy atom. The topological polar surface area (TPSA) is 64.6 Å². The van der Waals surface area contributed by atoms with Crippen LogP contribution in [0, 0.1) is 5.92 Å². The molecule has 1 N–H and O–H groups in total. The molecule has 0 fully saturated rings. The van der Waals surface area contributed by atoms with Crippen molar-refractivity contribution in [2.24, 2.45) is 5.92 Å². The normalized spacial score (nSPS) is 13.3. The fraction of sp³-hybridized carbons (Fsp3) is 0.538. The van der Waals surface area contributed by atoms with E-state index in [-0.39, 0.29) is 16.9 Å². The third-order valence-electron chi connectivity index (χ3n) is 3.07. The molecule has 0 aliphatic rings. The Hall–Kier alpha value is -0.790. The van der Waals surface area contributed by atoms with Crippen molar-refractivity contribution in [2.75, 3.05) is 14.2 Å². The number of nitrogens with one attached hydrogen (secondary N) is 1. The molecule has 1 aromatic carbocycles. The zero-order valence-corrected chi connectivity index (χ0v) is 14.6. The van der Waals surface area contributed by atoms with Crippen LogP contribution >= 0.6 is 15.9 Å². The second-order valence-electron chi connectivity index (χ2n) is 4.79. The predicted molar refractivity (Wildman–Crippen MR) is 81.9 cm³/mol. The highest BCUT2D eigenvalue weighted by Gasteiger charge is 2.24. The van der Waals surface area contributed by atoms with E-state index in [0.29, 0.717) is 16.0 Å². The van der Waals surface area contributed by atoms with Gasteiger partial charge in [0, 0.05) is 16.6 Å². The van der Waals surface area contributed by atoms with E-state index >= 15 is 0 Å². The fourth-order valence-corrected chi connectivity index (χ4v) is 3.91. The number of methoxy groups -OCH3 is 2. The lowest BCUT2D eigenvalue weighted by Gasteiger charge is -2.19. The van der Waals surface area contributed by atoms with E-state index in [2.05, 4.69) is 20.7 Å². The minimum absolute atomic E-state index is 0.127. The Morgan fingerprint density at radius 3 is 2.05 bits per heavy atom. The molecule has 0 aliphatic carbocycles. The van der Waals surface area contributed by atoms with Crippen LogP contribution in [0.2, 0.25) is 0 Å². The maximum absolute atomic E-state index is 12.4. The second kappa shape index (κ2) is 6.78. The van der Waals surface area contributed by atoms with Gasteiger partial charge in [0.05, 0.1) is 14.2 Å². The molecular formula is C13H20BrNO4S. The minimum Gasteiger partial charge on any atom is -0.493 e. The van der Waals surface area contributed by atoms with Gasteiger partial charge in [0.2, 0.25) is 10.0 Å². The van der Waals surface area contributed by atoms with Gasteiger partial charge in [-0.15, -0.1) is 0 Å². The Kier molecular flexibility index (Phi) is 5.85. The zero-order valence-electron chi connectivity index (χ0n) is 12.2. The monoisotopic (exact) mass is 365 g/mol. The van der Waals surface area contributed by atoms with E-state index in [4.69, 9.17) is 9.47 Å². The summed E-state index contributed by atoms with van der Waals surface area (Å²) in [5.74, 6) is 1.03. The first-order valence-corrected chi connectivity index (χ1v) is 8.44. The third-order valence-corrected chi connectivity index (χ3v) is 5.59. The van der Waals surface area contributed by atoms with Crippen molar-refractivity contribution in [1.29, 1.82) is 0 Å². The number of rotatable bonds is 6. The van der Waals surface area contributed by atoms with Gasteiger partial charge in [-0.2, -0.15) is 0 Å². The third kappa shape index (κ3) is 3.86. The van der Waals surface area contributed by atoms with Crippen LogP contribution in [0.4, 0.5) is 0 Å². The first kappa shape index (κ1) is 17.3. The van der Waals surface area contributed by atoms with Gasteiger partial charge in [-0.25, -0.2) is 13.1 Å². The van der Waals surface area contributed by atoms with Crippen LogP contribution in [0.3, 0.4) is 0 Å². The molecule has 0 saturated heterocycles. The van der Waals surface area contributed by atoms with Crippen molar-refractivity contribution in [3.05, 3.63) is 16.6 Å². The number of benzene rings is 1. The average Bonchev–Trinajstić information content (AvgIpc) is 2.37. The van der Waals surface area contributed by atoms with Gasteiger partial charge in [0.15, 0.2) is 11.5 Å².